The van der Waals surface area contributed by atoms with Crippen molar-refractivity contribution >= 4 is 5.91 Å². The number of amides is 1. The lowest BCUT2D eigenvalue weighted by atomic mass is 10.1. The number of piperidine rings is 1. The van der Waals surface area contributed by atoms with Crippen LogP contribution in [-0.2, 0) is 0 Å². The molecule has 0 bridgehead atoms. The second-order valence-electron chi connectivity index (χ2n) is 3.94. The summed E-state index contributed by atoms with van der Waals surface area (Å²) in [5.41, 5.74) is 0.396. The summed E-state index contributed by atoms with van der Waals surface area (Å²) in [6.45, 7) is 4.45. The standard InChI is InChI=1S/C10H17N5O/c1-2-12-10(16)9-7-15(14-13-9)8-4-3-5-11-6-8/h7-8,11H,2-6H2,1H3,(H,12,16). The molecule has 1 unspecified atom stereocenters. The zero-order valence-corrected chi connectivity index (χ0v) is 9.44. The number of carbonyl (C=O) groups excluding carboxylic acids is 1. The largest absolute Gasteiger partial charge is 0.351 e. The Kier molecular flexibility index (Phi) is 3.51. The number of hydrogen-bond acceptors (Lipinski definition) is 4. The molecule has 0 aromatic carbocycles. The Morgan fingerprint density at radius 2 is 2.62 bits per heavy atom. The van der Waals surface area contributed by atoms with Crippen molar-refractivity contribution in [3.05, 3.63) is 11.9 Å². The van der Waals surface area contributed by atoms with E-state index in [1.54, 1.807) is 10.9 Å². The molecule has 16 heavy (non-hydrogen) atoms. The van der Waals surface area contributed by atoms with Crippen LogP contribution in [-0.4, -0.2) is 40.5 Å². The van der Waals surface area contributed by atoms with Crippen molar-refractivity contribution in [3.8, 4) is 0 Å². The van der Waals surface area contributed by atoms with Gasteiger partial charge in [-0.25, -0.2) is 4.68 Å². The van der Waals surface area contributed by atoms with E-state index in [2.05, 4.69) is 20.9 Å². The van der Waals surface area contributed by atoms with Crippen LogP contribution in [0.15, 0.2) is 6.20 Å². The monoisotopic (exact) mass is 223 g/mol. The number of carbonyl (C=O) groups is 1. The lowest BCUT2D eigenvalue weighted by molar-refractivity contribution is 0.0950. The van der Waals surface area contributed by atoms with E-state index in [0.29, 0.717) is 18.3 Å². The predicted octanol–water partition coefficient (Wildman–Crippen LogP) is -0.0477. The molecule has 1 aliphatic heterocycles. The first kappa shape index (κ1) is 11.1. The molecular formula is C10H17N5O. The summed E-state index contributed by atoms with van der Waals surface area (Å²) in [6, 6.07) is 0.324. The summed E-state index contributed by atoms with van der Waals surface area (Å²) < 4.78 is 1.79. The van der Waals surface area contributed by atoms with Gasteiger partial charge >= 0.3 is 0 Å². The maximum atomic E-state index is 11.5. The van der Waals surface area contributed by atoms with Crippen LogP contribution in [0.25, 0.3) is 0 Å². The number of aromatic nitrogens is 3. The number of rotatable bonds is 3. The third kappa shape index (κ3) is 2.38. The number of nitrogens with zero attached hydrogens (tertiary/aromatic N) is 3. The fraction of sp³-hybridized carbons (Fsp3) is 0.700. The Bertz CT molecular complexity index is 356. The highest BCUT2D eigenvalue weighted by molar-refractivity contribution is 5.91. The van der Waals surface area contributed by atoms with Crippen molar-refractivity contribution in [2.24, 2.45) is 0 Å². The Labute approximate surface area is 94.4 Å². The fourth-order valence-corrected chi connectivity index (χ4v) is 1.87. The van der Waals surface area contributed by atoms with Gasteiger partial charge in [-0.05, 0) is 26.3 Å². The van der Waals surface area contributed by atoms with E-state index in [4.69, 9.17) is 0 Å². The second kappa shape index (κ2) is 5.07. The Balaban J connectivity index is 2.03. The van der Waals surface area contributed by atoms with E-state index in [9.17, 15) is 4.79 Å². The molecule has 88 valence electrons. The van der Waals surface area contributed by atoms with Crippen molar-refractivity contribution in [2.45, 2.75) is 25.8 Å². The molecule has 1 atom stereocenters. The van der Waals surface area contributed by atoms with Gasteiger partial charge in [0.15, 0.2) is 5.69 Å². The van der Waals surface area contributed by atoms with Crippen LogP contribution in [0.3, 0.4) is 0 Å². The van der Waals surface area contributed by atoms with Crippen molar-refractivity contribution in [3.63, 3.8) is 0 Å². The third-order valence-corrected chi connectivity index (χ3v) is 2.73. The molecule has 1 fully saturated rings. The van der Waals surface area contributed by atoms with Gasteiger partial charge in [-0.1, -0.05) is 5.21 Å². The molecule has 0 aliphatic carbocycles. The molecule has 1 amide bonds. The summed E-state index contributed by atoms with van der Waals surface area (Å²) >= 11 is 0. The minimum atomic E-state index is -0.155. The number of nitrogens with one attached hydrogen (secondary N) is 2. The van der Waals surface area contributed by atoms with E-state index in [1.807, 2.05) is 6.92 Å². The van der Waals surface area contributed by atoms with Gasteiger partial charge in [0.1, 0.15) is 0 Å². The van der Waals surface area contributed by atoms with Gasteiger partial charge in [-0.3, -0.25) is 4.79 Å². The predicted molar refractivity (Wildman–Crippen MR) is 59.2 cm³/mol. The number of hydrogen-bond donors (Lipinski definition) is 2. The van der Waals surface area contributed by atoms with Crippen LogP contribution in [0.2, 0.25) is 0 Å². The van der Waals surface area contributed by atoms with Crippen molar-refractivity contribution in [1.82, 2.24) is 25.6 Å². The molecule has 0 saturated carbocycles. The van der Waals surface area contributed by atoms with Crippen LogP contribution >= 0.6 is 0 Å². The van der Waals surface area contributed by atoms with Crippen LogP contribution in [0, 0.1) is 0 Å². The van der Waals surface area contributed by atoms with Crippen molar-refractivity contribution in [1.29, 1.82) is 0 Å². The fourth-order valence-electron chi connectivity index (χ4n) is 1.87. The van der Waals surface area contributed by atoms with E-state index < -0.39 is 0 Å². The summed E-state index contributed by atoms with van der Waals surface area (Å²) in [7, 11) is 0. The van der Waals surface area contributed by atoms with Gasteiger partial charge in [0.25, 0.3) is 5.91 Å². The zero-order chi connectivity index (χ0) is 11.4. The SMILES string of the molecule is CCNC(=O)c1cn(C2CCCNC2)nn1. The minimum Gasteiger partial charge on any atom is -0.351 e. The lowest BCUT2D eigenvalue weighted by Gasteiger charge is -2.22. The first-order valence-corrected chi connectivity index (χ1v) is 5.72. The first-order valence-electron chi connectivity index (χ1n) is 5.72. The Morgan fingerprint density at radius 3 is 3.31 bits per heavy atom. The first-order chi connectivity index (χ1) is 7.81. The highest BCUT2D eigenvalue weighted by Crippen LogP contribution is 2.14. The molecule has 1 aliphatic rings. The Morgan fingerprint density at radius 1 is 1.75 bits per heavy atom. The molecule has 6 heteroatoms. The average Bonchev–Trinajstić information content (AvgIpc) is 2.80. The van der Waals surface area contributed by atoms with Gasteiger partial charge in [0.05, 0.1) is 12.2 Å². The summed E-state index contributed by atoms with van der Waals surface area (Å²) in [5.74, 6) is -0.155. The smallest absolute Gasteiger partial charge is 0.273 e. The topological polar surface area (TPSA) is 71.8 Å². The molecule has 1 aromatic rings. The van der Waals surface area contributed by atoms with Gasteiger partial charge in [0.2, 0.25) is 0 Å². The highest BCUT2D eigenvalue weighted by atomic mass is 16.1. The lowest BCUT2D eigenvalue weighted by Crippen LogP contribution is -2.32. The van der Waals surface area contributed by atoms with Crippen molar-refractivity contribution < 1.29 is 4.79 Å². The Hall–Kier alpha value is -1.43. The molecule has 0 spiro atoms. The van der Waals surface area contributed by atoms with Gasteiger partial charge in [0, 0.05) is 13.1 Å². The van der Waals surface area contributed by atoms with Crippen LogP contribution in [0.1, 0.15) is 36.3 Å². The third-order valence-electron chi connectivity index (χ3n) is 2.73. The van der Waals surface area contributed by atoms with Crippen LogP contribution in [0.5, 0.6) is 0 Å². The molecule has 2 N–H and O–H groups in total. The summed E-state index contributed by atoms with van der Waals surface area (Å²) in [4.78, 5) is 11.5. The molecule has 1 saturated heterocycles. The molecule has 6 nitrogen and oxygen atoms in total. The summed E-state index contributed by atoms with van der Waals surface area (Å²) in [6.07, 6.45) is 3.95. The van der Waals surface area contributed by atoms with Gasteiger partial charge < -0.3 is 10.6 Å². The molecule has 2 rings (SSSR count). The van der Waals surface area contributed by atoms with E-state index >= 15 is 0 Å². The van der Waals surface area contributed by atoms with E-state index in [-0.39, 0.29) is 5.91 Å². The molecule has 2 heterocycles. The maximum absolute atomic E-state index is 11.5. The quantitative estimate of drug-likeness (QED) is 0.753. The molecule has 0 radical (unpaired) electrons. The zero-order valence-electron chi connectivity index (χ0n) is 9.44. The van der Waals surface area contributed by atoms with Crippen molar-refractivity contribution in [2.75, 3.05) is 19.6 Å². The van der Waals surface area contributed by atoms with E-state index in [1.165, 1.54) is 0 Å². The highest BCUT2D eigenvalue weighted by Gasteiger charge is 2.18. The van der Waals surface area contributed by atoms with Crippen LogP contribution < -0.4 is 10.6 Å². The normalized spacial score (nSPS) is 20.7. The summed E-state index contributed by atoms with van der Waals surface area (Å²) in [5, 5.41) is 13.9. The molecule has 1 aromatic heterocycles. The maximum Gasteiger partial charge on any atom is 0.273 e. The van der Waals surface area contributed by atoms with Crippen LogP contribution in [0.4, 0.5) is 0 Å². The minimum absolute atomic E-state index is 0.155. The second-order valence-corrected chi connectivity index (χ2v) is 3.94. The molecular weight excluding hydrogens is 206 g/mol. The average molecular weight is 223 g/mol. The van der Waals surface area contributed by atoms with Gasteiger partial charge in [-0.2, -0.15) is 0 Å². The van der Waals surface area contributed by atoms with E-state index in [0.717, 1.165) is 25.9 Å². The van der Waals surface area contributed by atoms with Gasteiger partial charge in [-0.15, -0.1) is 5.10 Å².